The summed E-state index contributed by atoms with van der Waals surface area (Å²) in [6.07, 6.45) is 1.03. The van der Waals surface area contributed by atoms with E-state index in [0.29, 0.717) is 13.2 Å². The van der Waals surface area contributed by atoms with Crippen LogP contribution in [0.25, 0.3) is 0 Å². The van der Waals surface area contributed by atoms with Gasteiger partial charge in [-0.1, -0.05) is 19.1 Å². The van der Waals surface area contributed by atoms with E-state index < -0.39 is 0 Å². The van der Waals surface area contributed by atoms with Crippen molar-refractivity contribution in [3.8, 4) is 0 Å². The monoisotopic (exact) mass is 278 g/mol. The van der Waals surface area contributed by atoms with Crippen molar-refractivity contribution in [2.75, 3.05) is 32.1 Å². The quantitative estimate of drug-likeness (QED) is 0.795. The number of nitrogens with one attached hydrogen (secondary N) is 1. The van der Waals surface area contributed by atoms with E-state index in [1.807, 2.05) is 43.0 Å². The van der Waals surface area contributed by atoms with Crippen molar-refractivity contribution in [1.82, 2.24) is 4.90 Å². The lowest BCUT2D eigenvalue weighted by molar-refractivity contribution is 0.0580. The molecule has 1 unspecified atom stereocenters. The summed E-state index contributed by atoms with van der Waals surface area (Å²) < 4.78 is 5.16. The maximum atomic E-state index is 12.7. The van der Waals surface area contributed by atoms with Gasteiger partial charge < -0.3 is 15.0 Å². The Hall–Kier alpha value is -1.55. The number of likely N-dealkylation sites (N-methyl/N-ethyl adjacent to an activating group) is 1. The number of hydrogen-bond donors (Lipinski definition) is 1. The zero-order chi connectivity index (χ0) is 15.0. The molecule has 1 aromatic carbocycles. The normalized spacial score (nSPS) is 12.0. The Bertz CT molecular complexity index is 421. The molecule has 0 radical (unpaired) electrons. The van der Waals surface area contributed by atoms with Gasteiger partial charge in [-0.3, -0.25) is 4.79 Å². The largest absolute Gasteiger partial charge is 0.384 e. The zero-order valence-corrected chi connectivity index (χ0v) is 13.0. The summed E-state index contributed by atoms with van der Waals surface area (Å²) in [6, 6.07) is 7.75. The first-order valence-corrected chi connectivity index (χ1v) is 7.28. The van der Waals surface area contributed by atoms with Crippen molar-refractivity contribution in [1.29, 1.82) is 0 Å². The summed E-state index contributed by atoms with van der Waals surface area (Å²) in [5.74, 6) is 0.0521. The van der Waals surface area contributed by atoms with Crippen molar-refractivity contribution in [2.24, 2.45) is 0 Å². The van der Waals surface area contributed by atoms with E-state index in [1.165, 1.54) is 0 Å². The minimum atomic E-state index is 0.0521. The number of amides is 1. The van der Waals surface area contributed by atoms with Crippen LogP contribution in [0.3, 0.4) is 0 Å². The van der Waals surface area contributed by atoms with Crippen molar-refractivity contribution in [3.63, 3.8) is 0 Å². The predicted molar refractivity (Wildman–Crippen MR) is 83.3 cm³/mol. The van der Waals surface area contributed by atoms with Gasteiger partial charge in [0.05, 0.1) is 18.2 Å². The highest BCUT2D eigenvalue weighted by Crippen LogP contribution is 2.18. The number of para-hydroxylation sites is 1. The molecule has 1 aromatic rings. The van der Waals surface area contributed by atoms with Crippen LogP contribution in [0.1, 0.15) is 37.6 Å². The van der Waals surface area contributed by atoms with E-state index in [-0.39, 0.29) is 11.9 Å². The second kappa shape index (κ2) is 8.59. The van der Waals surface area contributed by atoms with Crippen LogP contribution in [0.2, 0.25) is 0 Å². The van der Waals surface area contributed by atoms with E-state index in [4.69, 9.17) is 4.74 Å². The standard InChI is InChI=1S/C16H26N2O2/c1-5-11-17-15-10-8-7-9-14(15)16(19)18(6-2)13(3)12-20-4/h7-10,13,17H,5-6,11-12H2,1-4H3. The van der Waals surface area contributed by atoms with E-state index in [9.17, 15) is 4.79 Å². The first kappa shape index (κ1) is 16.5. The first-order chi connectivity index (χ1) is 9.65. The summed E-state index contributed by atoms with van der Waals surface area (Å²) in [4.78, 5) is 14.5. The fourth-order valence-corrected chi connectivity index (χ4v) is 2.22. The number of methoxy groups -OCH3 is 1. The topological polar surface area (TPSA) is 41.6 Å². The summed E-state index contributed by atoms with van der Waals surface area (Å²) in [5.41, 5.74) is 1.63. The molecule has 112 valence electrons. The average molecular weight is 278 g/mol. The third-order valence-corrected chi connectivity index (χ3v) is 3.26. The van der Waals surface area contributed by atoms with Gasteiger partial charge in [-0.25, -0.2) is 0 Å². The lowest BCUT2D eigenvalue weighted by Gasteiger charge is -2.28. The summed E-state index contributed by atoms with van der Waals surface area (Å²) in [7, 11) is 1.66. The molecule has 0 saturated heterocycles. The number of hydrogen-bond acceptors (Lipinski definition) is 3. The maximum absolute atomic E-state index is 12.7. The average Bonchev–Trinajstić information content (AvgIpc) is 2.46. The summed E-state index contributed by atoms with van der Waals surface area (Å²) >= 11 is 0. The van der Waals surface area contributed by atoms with Crippen molar-refractivity contribution in [3.05, 3.63) is 29.8 Å². The lowest BCUT2D eigenvalue weighted by atomic mass is 10.1. The highest BCUT2D eigenvalue weighted by atomic mass is 16.5. The highest BCUT2D eigenvalue weighted by Gasteiger charge is 2.21. The molecule has 4 nitrogen and oxygen atoms in total. The van der Waals surface area contributed by atoms with Gasteiger partial charge in [-0.05, 0) is 32.4 Å². The predicted octanol–water partition coefficient (Wildman–Crippen LogP) is 3.01. The van der Waals surface area contributed by atoms with Gasteiger partial charge in [-0.15, -0.1) is 0 Å². The molecular weight excluding hydrogens is 252 g/mol. The van der Waals surface area contributed by atoms with Gasteiger partial charge in [0.15, 0.2) is 0 Å². The van der Waals surface area contributed by atoms with E-state index in [0.717, 1.165) is 24.2 Å². The fraction of sp³-hybridized carbons (Fsp3) is 0.562. The smallest absolute Gasteiger partial charge is 0.256 e. The van der Waals surface area contributed by atoms with E-state index >= 15 is 0 Å². The maximum Gasteiger partial charge on any atom is 0.256 e. The van der Waals surface area contributed by atoms with Gasteiger partial charge in [-0.2, -0.15) is 0 Å². The molecule has 0 aliphatic heterocycles. The Kier molecular flexibility index (Phi) is 7.09. The van der Waals surface area contributed by atoms with Gasteiger partial charge in [0.25, 0.3) is 5.91 Å². The second-order valence-electron chi connectivity index (χ2n) is 4.87. The van der Waals surface area contributed by atoms with Crippen LogP contribution < -0.4 is 5.32 Å². The molecule has 0 heterocycles. The molecule has 0 spiro atoms. The molecule has 1 rings (SSSR count). The second-order valence-corrected chi connectivity index (χ2v) is 4.87. The molecule has 0 aliphatic carbocycles. The van der Waals surface area contributed by atoms with Gasteiger partial charge in [0, 0.05) is 25.9 Å². The number of rotatable bonds is 8. The summed E-state index contributed by atoms with van der Waals surface area (Å²) in [5, 5.41) is 3.31. The summed E-state index contributed by atoms with van der Waals surface area (Å²) in [6.45, 7) is 8.19. The Morgan fingerprint density at radius 2 is 2.05 bits per heavy atom. The molecule has 4 heteroatoms. The van der Waals surface area contributed by atoms with Crippen LogP contribution >= 0.6 is 0 Å². The van der Waals surface area contributed by atoms with Gasteiger partial charge in [0.1, 0.15) is 0 Å². The van der Waals surface area contributed by atoms with Crippen molar-refractivity contribution in [2.45, 2.75) is 33.2 Å². The van der Waals surface area contributed by atoms with Crippen LogP contribution in [0.5, 0.6) is 0 Å². The highest BCUT2D eigenvalue weighted by molar-refractivity contribution is 5.99. The molecule has 20 heavy (non-hydrogen) atoms. The number of ether oxygens (including phenoxy) is 1. The molecule has 0 aliphatic rings. The fourth-order valence-electron chi connectivity index (χ4n) is 2.22. The van der Waals surface area contributed by atoms with Crippen molar-refractivity contribution < 1.29 is 9.53 Å². The van der Waals surface area contributed by atoms with E-state index in [2.05, 4.69) is 12.2 Å². The van der Waals surface area contributed by atoms with Gasteiger partial charge >= 0.3 is 0 Å². The molecular formula is C16H26N2O2. The number of carbonyl (C=O) groups excluding carboxylic acids is 1. The molecule has 1 amide bonds. The van der Waals surface area contributed by atoms with Crippen LogP contribution in [0, 0.1) is 0 Å². The van der Waals surface area contributed by atoms with Crippen LogP contribution in [0.4, 0.5) is 5.69 Å². The van der Waals surface area contributed by atoms with Crippen LogP contribution in [-0.2, 0) is 4.74 Å². The number of anilines is 1. The van der Waals surface area contributed by atoms with E-state index in [1.54, 1.807) is 7.11 Å². The Morgan fingerprint density at radius 1 is 1.35 bits per heavy atom. The Labute approximate surface area is 122 Å². The molecule has 1 atom stereocenters. The Morgan fingerprint density at radius 3 is 2.65 bits per heavy atom. The van der Waals surface area contributed by atoms with Crippen molar-refractivity contribution >= 4 is 11.6 Å². The number of benzene rings is 1. The minimum Gasteiger partial charge on any atom is -0.384 e. The third-order valence-electron chi connectivity index (χ3n) is 3.26. The Balaban J connectivity index is 2.94. The third kappa shape index (κ3) is 4.23. The number of carbonyl (C=O) groups is 1. The molecule has 0 saturated carbocycles. The van der Waals surface area contributed by atoms with Gasteiger partial charge in [0.2, 0.25) is 0 Å². The van der Waals surface area contributed by atoms with Crippen LogP contribution in [-0.4, -0.2) is 43.7 Å². The SMILES string of the molecule is CCCNc1ccccc1C(=O)N(CC)C(C)COC. The number of nitrogens with zero attached hydrogens (tertiary/aromatic N) is 1. The lowest BCUT2D eigenvalue weighted by Crippen LogP contribution is -2.41. The molecule has 0 aromatic heterocycles. The molecule has 1 N–H and O–H groups in total. The molecule has 0 fully saturated rings. The zero-order valence-electron chi connectivity index (χ0n) is 13.0. The van der Waals surface area contributed by atoms with Crippen LogP contribution in [0.15, 0.2) is 24.3 Å². The molecule has 0 bridgehead atoms. The minimum absolute atomic E-state index is 0.0521. The first-order valence-electron chi connectivity index (χ1n) is 7.28.